The highest BCUT2D eigenvalue weighted by molar-refractivity contribution is 5.76. The zero-order valence-corrected chi connectivity index (χ0v) is 10.7. The van der Waals surface area contributed by atoms with E-state index in [1.807, 2.05) is 11.8 Å². The lowest BCUT2D eigenvalue weighted by Gasteiger charge is -2.32. The van der Waals surface area contributed by atoms with Crippen LogP contribution in [0.4, 0.5) is 0 Å². The van der Waals surface area contributed by atoms with E-state index in [1.165, 1.54) is 0 Å². The number of piperidine rings is 1. The second-order valence-electron chi connectivity index (χ2n) is 4.87. The van der Waals surface area contributed by atoms with Gasteiger partial charge in [0.15, 0.2) is 0 Å². The molecule has 1 amide bonds. The van der Waals surface area contributed by atoms with E-state index in [-0.39, 0.29) is 12.0 Å². The Morgan fingerprint density at radius 2 is 2.12 bits per heavy atom. The molecule has 0 bridgehead atoms. The Morgan fingerprint density at radius 3 is 2.71 bits per heavy atom. The molecule has 2 rings (SSSR count). The standard InChI is InChI=1S/C13H23NO3/c1-2-16-11-5-7-14(8-6-11)13(15)10-12-4-3-9-17-12/h11-12H,2-10H2,1H3/t12-/m0/s1. The normalized spacial score (nSPS) is 26.4. The summed E-state index contributed by atoms with van der Waals surface area (Å²) >= 11 is 0. The first-order chi connectivity index (χ1) is 8.29. The van der Waals surface area contributed by atoms with Crippen LogP contribution < -0.4 is 0 Å². The lowest BCUT2D eigenvalue weighted by Crippen LogP contribution is -2.41. The highest BCUT2D eigenvalue weighted by Crippen LogP contribution is 2.19. The Labute approximate surface area is 103 Å². The van der Waals surface area contributed by atoms with Crippen LogP contribution in [0.5, 0.6) is 0 Å². The smallest absolute Gasteiger partial charge is 0.225 e. The van der Waals surface area contributed by atoms with Gasteiger partial charge in [0.2, 0.25) is 5.91 Å². The predicted molar refractivity (Wildman–Crippen MR) is 64.8 cm³/mol. The third kappa shape index (κ3) is 3.68. The number of amides is 1. The summed E-state index contributed by atoms with van der Waals surface area (Å²) in [5.41, 5.74) is 0. The minimum absolute atomic E-state index is 0.173. The van der Waals surface area contributed by atoms with Gasteiger partial charge in [-0.05, 0) is 32.6 Å². The molecule has 0 spiro atoms. The number of ether oxygens (including phenoxy) is 2. The van der Waals surface area contributed by atoms with Gasteiger partial charge in [-0.1, -0.05) is 0 Å². The highest BCUT2D eigenvalue weighted by atomic mass is 16.5. The molecule has 17 heavy (non-hydrogen) atoms. The van der Waals surface area contributed by atoms with E-state index in [0.717, 1.165) is 52.0 Å². The Hall–Kier alpha value is -0.610. The Balaban J connectivity index is 1.70. The second kappa shape index (κ2) is 6.36. The molecular formula is C13H23NO3. The van der Waals surface area contributed by atoms with Crippen molar-refractivity contribution >= 4 is 5.91 Å². The zero-order valence-electron chi connectivity index (χ0n) is 10.7. The molecule has 2 aliphatic heterocycles. The number of hydrogen-bond donors (Lipinski definition) is 0. The first-order valence-corrected chi connectivity index (χ1v) is 6.80. The van der Waals surface area contributed by atoms with E-state index in [9.17, 15) is 4.79 Å². The van der Waals surface area contributed by atoms with Crippen LogP contribution in [0.15, 0.2) is 0 Å². The summed E-state index contributed by atoms with van der Waals surface area (Å²) in [7, 11) is 0. The summed E-state index contributed by atoms with van der Waals surface area (Å²) in [6.07, 6.45) is 5.19. The van der Waals surface area contributed by atoms with Gasteiger partial charge in [-0.2, -0.15) is 0 Å². The summed E-state index contributed by atoms with van der Waals surface area (Å²) in [5, 5.41) is 0. The third-order valence-electron chi connectivity index (χ3n) is 3.62. The van der Waals surface area contributed by atoms with Gasteiger partial charge in [0.05, 0.1) is 18.6 Å². The van der Waals surface area contributed by atoms with Crippen molar-refractivity contribution in [3.8, 4) is 0 Å². The van der Waals surface area contributed by atoms with Crippen LogP contribution in [0.25, 0.3) is 0 Å². The Bertz CT molecular complexity index is 243. The van der Waals surface area contributed by atoms with Crippen LogP contribution in [-0.2, 0) is 14.3 Å². The van der Waals surface area contributed by atoms with E-state index in [1.54, 1.807) is 0 Å². The van der Waals surface area contributed by atoms with Crippen LogP contribution in [0, 0.1) is 0 Å². The maximum Gasteiger partial charge on any atom is 0.225 e. The van der Waals surface area contributed by atoms with Crippen LogP contribution in [0.3, 0.4) is 0 Å². The number of carbonyl (C=O) groups is 1. The van der Waals surface area contributed by atoms with Crippen molar-refractivity contribution in [3.63, 3.8) is 0 Å². The largest absolute Gasteiger partial charge is 0.378 e. The number of carbonyl (C=O) groups excluding carboxylic acids is 1. The maximum absolute atomic E-state index is 12.0. The molecule has 0 unspecified atom stereocenters. The van der Waals surface area contributed by atoms with Crippen molar-refractivity contribution in [2.75, 3.05) is 26.3 Å². The van der Waals surface area contributed by atoms with Gasteiger partial charge in [0.25, 0.3) is 0 Å². The number of nitrogens with zero attached hydrogens (tertiary/aromatic N) is 1. The first kappa shape index (κ1) is 12.8. The fourth-order valence-corrected chi connectivity index (χ4v) is 2.64. The minimum Gasteiger partial charge on any atom is -0.378 e. The molecule has 0 aliphatic carbocycles. The van der Waals surface area contributed by atoms with Crippen LogP contribution >= 0.6 is 0 Å². The molecule has 2 aliphatic rings. The monoisotopic (exact) mass is 241 g/mol. The van der Waals surface area contributed by atoms with Crippen LogP contribution in [0.1, 0.15) is 39.0 Å². The quantitative estimate of drug-likeness (QED) is 0.750. The molecule has 98 valence electrons. The fourth-order valence-electron chi connectivity index (χ4n) is 2.64. The Kier molecular flexibility index (Phi) is 4.80. The lowest BCUT2D eigenvalue weighted by atomic mass is 10.1. The fraction of sp³-hybridized carbons (Fsp3) is 0.923. The van der Waals surface area contributed by atoms with Crippen LogP contribution in [0.2, 0.25) is 0 Å². The molecule has 0 N–H and O–H groups in total. The second-order valence-corrected chi connectivity index (χ2v) is 4.87. The van der Waals surface area contributed by atoms with E-state index < -0.39 is 0 Å². The van der Waals surface area contributed by atoms with Crippen molar-refractivity contribution in [3.05, 3.63) is 0 Å². The van der Waals surface area contributed by atoms with Crippen molar-refractivity contribution in [2.45, 2.75) is 51.2 Å². The summed E-state index contributed by atoms with van der Waals surface area (Å²) in [6.45, 7) is 5.31. The number of likely N-dealkylation sites (tertiary alicyclic amines) is 1. The van der Waals surface area contributed by atoms with Crippen molar-refractivity contribution in [2.24, 2.45) is 0 Å². The lowest BCUT2D eigenvalue weighted by molar-refractivity contribution is -0.136. The molecule has 0 aromatic heterocycles. The summed E-state index contributed by atoms with van der Waals surface area (Å²) in [5.74, 6) is 0.256. The molecule has 2 fully saturated rings. The van der Waals surface area contributed by atoms with Crippen molar-refractivity contribution < 1.29 is 14.3 Å². The predicted octanol–water partition coefficient (Wildman–Crippen LogP) is 1.58. The summed E-state index contributed by atoms with van der Waals surface area (Å²) < 4.78 is 11.1. The van der Waals surface area contributed by atoms with Crippen molar-refractivity contribution in [1.82, 2.24) is 4.90 Å². The summed E-state index contributed by atoms with van der Waals surface area (Å²) in [4.78, 5) is 14.0. The molecule has 2 heterocycles. The third-order valence-corrected chi connectivity index (χ3v) is 3.62. The summed E-state index contributed by atoms with van der Waals surface area (Å²) in [6, 6.07) is 0. The Morgan fingerprint density at radius 1 is 1.35 bits per heavy atom. The maximum atomic E-state index is 12.0. The molecule has 0 aromatic rings. The molecule has 2 saturated heterocycles. The van der Waals surface area contributed by atoms with Gasteiger partial charge < -0.3 is 14.4 Å². The molecule has 0 radical (unpaired) electrons. The zero-order chi connectivity index (χ0) is 12.1. The average molecular weight is 241 g/mol. The van der Waals surface area contributed by atoms with Gasteiger partial charge in [-0.3, -0.25) is 4.79 Å². The van der Waals surface area contributed by atoms with Gasteiger partial charge in [0, 0.05) is 26.3 Å². The molecule has 0 saturated carbocycles. The van der Waals surface area contributed by atoms with Gasteiger partial charge in [0.1, 0.15) is 0 Å². The molecule has 1 atom stereocenters. The average Bonchev–Trinajstić information content (AvgIpc) is 2.83. The van der Waals surface area contributed by atoms with Gasteiger partial charge in [-0.15, -0.1) is 0 Å². The SMILES string of the molecule is CCOC1CCN(C(=O)C[C@@H]2CCCO2)CC1. The molecule has 4 nitrogen and oxygen atoms in total. The highest BCUT2D eigenvalue weighted by Gasteiger charge is 2.26. The van der Waals surface area contributed by atoms with Gasteiger partial charge >= 0.3 is 0 Å². The van der Waals surface area contributed by atoms with E-state index in [2.05, 4.69) is 0 Å². The van der Waals surface area contributed by atoms with E-state index in [0.29, 0.717) is 12.5 Å². The van der Waals surface area contributed by atoms with Crippen molar-refractivity contribution in [1.29, 1.82) is 0 Å². The number of rotatable bonds is 4. The van der Waals surface area contributed by atoms with Gasteiger partial charge in [-0.25, -0.2) is 0 Å². The van der Waals surface area contributed by atoms with E-state index in [4.69, 9.17) is 9.47 Å². The molecule has 0 aromatic carbocycles. The number of hydrogen-bond acceptors (Lipinski definition) is 3. The minimum atomic E-state index is 0.173. The van der Waals surface area contributed by atoms with Crippen LogP contribution in [-0.4, -0.2) is 49.3 Å². The first-order valence-electron chi connectivity index (χ1n) is 6.80. The molecular weight excluding hydrogens is 218 g/mol. The van der Waals surface area contributed by atoms with E-state index >= 15 is 0 Å². The molecule has 4 heteroatoms. The topological polar surface area (TPSA) is 38.8 Å².